The van der Waals surface area contributed by atoms with E-state index in [2.05, 4.69) is 58.9 Å². The smallest absolute Gasteiger partial charge is 0.181 e. The molecular formula is C24H28N2O. The van der Waals surface area contributed by atoms with E-state index in [-0.39, 0.29) is 5.43 Å². The molecule has 3 heteroatoms. The first kappa shape index (κ1) is 18.0. The molecule has 2 aromatic rings. The molecule has 3 nitrogen and oxygen atoms in total. The molecule has 27 heavy (non-hydrogen) atoms. The Morgan fingerprint density at radius 1 is 1.07 bits per heavy atom. The van der Waals surface area contributed by atoms with Gasteiger partial charge in [-0.2, -0.15) is 0 Å². The first-order chi connectivity index (χ1) is 13.2. The van der Waals surface area contributed by atoms with Crippen molar-refractivity contribution in [2.24, 2.45) is 0 Å². The van der Waals surface area contributed by atoms with Gasteiger partial charge in [-0.1, -0.05) is 48.1 Å². The Labute approximate surface area is 161 Å². The van der Waals surface area contributed by atoms with Gasteiger partial charge in [-0.25, -0.2) is 0 Å². The number of benzene rings is 1. The summed E-state index contributed by atoms with van der Waals surface area (Å²) in [6, 6.07) is 12.7. The van der Waals surface area contributed by atoms with Crippen molar-refractivity contribution in [3.63, 3.8) is 0 Å². The number of hydrogen-bond donors (Lipinski definition) is 0. The topological polar surface area (TPSA) is 25.2 Å². The number of rotatable bonds is 5. The zero-order valence-corrected chi connectivity index (χ0v) is 16.1. The molecule has 1 aliphatic carbocycles. The Bertz CT molecular complexity index is 922. The van der Waals surface area contributed by atoms with E-state index in [0.717, 1.165) is 38.2 Å². The van der Waals surface area contributed by atoms with Crippen molar-refractivity contribution in [1.29, 1.82) is 0 Å². The summed E-state index contributed by atoms with van der Waals surface area (Å²) in [6.45, 7) is 5.09. The van der Waals surface area contributed by atoms with Crippen LogP contribution in [0, 0.1) is 0 Å². The Kier molecular flexibility index (Phi) is 5.40. The molecule has 0 fully saturated rings. The van der Waals surface area contributed by atoms with Crippen LogP contribution in [0.15, 0.2) is 71.2 Å². The van der Waals surface area contributed by atoms with Crippen LogP contribution in [-0.2, 0) is 19.5 Å². The molecule has 2 heterocycles. The highest BCUT2D eigenvalue weighted by molar-refractivity contribution is 5.32. The second kappa shape index (κ2) is 8.10. The van der Waals surface area contributed by atoms with Gasteiger partial charge in [-0.3, -0.25) is 9.69 Å². The largest absolute Gasteiger partial charge is 0.349 e. The molecule has 2 aliphatic rings. The number of allylic oxidation sites excluding steroid dienone is 4. The number of pyridine rings is 1. The summed E-state index contributed by atoms with van der Waals surface area (Å²) in [4.78, 5) is 14.2. The van der Waals surface area contributed by atoms with E-state index in [4.69, 9.17) is 0 Å². The van der Waals surface area contributed by atoms with Crippen LogP contribution in [0.2, 0.25) is 0 Å². The first-order valence-corrected chi connectivity index (χ1v) is 10.1. The lowest BCUT2D eigenvalue weighted by atomic mass is 9.93. The molecule has 0 bridgehead atoms. The monoisotopic (exact) mass is 360 g/mol. The molecule has 1 aliphatic heterocycles. The quantitative estimate of drug-likeness (QED) is 0.776. The van der Waals surface area contributed by atoms with Gasteiger partial charge in [0.05, 0.1) is 0 Å². The van der Waals surface area contributed by atoms with Crippen molar-refractivity contribution < 1.29 is 0 Å². The van der Waals surface area contributed by atoms with Crippen molar-refractivity contribution in [3.05, 3.63) is 93.4 Å². The summed E-state index contributed by atoms with van der Waals surface area (Å²) in [5.41, 5.74) is 5.56. The fourth-order valence-electron chi connectivity index (χ4n) is 4.26. The van der Waals surface area contributed by atoms with Gasteiger partial charge >= 0.3 is 0 Å². The van der Waals surface area contributed by atoms with Gasteiger partial charge in [0.15, 0.2) is 5.43 Å². The molecule has 1 unspecified atom stereocenters. The molecule has 0 saturated carbocycles. The fourth-order valence-corrected chi connectivity index (χ4v) is 4.26. The maximum absolute atomic E-state index is 11.7. The zero-order chi connectivity index (χ0) is 18.6. The van der Waals surface area contributed by atoms with E-state index >= 15 is 0 Å². The summed E-state index contributed by atoms with van der Waals surface area (Å²) < 4.78 is 2.21. The maximum Gasteiger partial charge on any atom is 0.181 e. The molecule has 0 spiro atoms. The van der Waals surface area contributed by atoms with E-state index < -0.39 is 0 Å². The summed E-state index contributed by atoms with van der Waals surface area (Å²) in [6.07, 6.45) is 13.4. The lowest BCUT2D eigenvalue weighted by molar-refractivity contribution is 0.164. The standard InChI is InChI=1S/C24H28N2O/c1-19(26-16-15-25-14-13-23(27)17-22(25)18-26)24-10-6-5-9-21(24)12-11-20-7-3-2-4-8-20/h3,5-10,13-14,17,19H,2,4,11-12,15-16,18H2,1H3. The number of aromatic nitrogens is 1. The Balaban J connectivity index is 1.50. The minimum absolute atomic E-state index is 0.102. The number of nitrogens with zero attached hydrogens (tertiary/aromatic N) is 2. The van der Waals surface area contributed by atoms with Crippen LogP contribution in [0.25, 0.3) is 0 Å². The summed E-state index contributed by atoms with van der Waals surface area (Å²) in [5, 5.41) is 0. The minimum Gasteiger partial charge on any atom is -0.349 e. The first-order valence-electron chi connectivity index (χ1n) is 10.1. The van der Waals surface area contributed by atoms with Gasteiger partial charge in [-0.05, 0) is 43.7 Å². The molecule has 1 aromatic heterocycles. The van der Waals surface area contributed by atoms with Crippen molar-refractivity contribution in [2.45, 2.75) is 51.7 Å². The van der Waals surface area contributed by atoms with Crippen LogP contribution in [-0.4, -0.2) is 16.0 Å². The van der Waals surface area contributed by atoms with Crippen molar-refractivity contribution in [3.8, 4) is 0 Å². The van der Waals surface area contributed by atoms with Crippen LogP contribution >= 0.6 is 0 Å². The van der Waals surface area contributed by atoms with E-state index in [1.165, 1.54) is 29.5 Å². The zero-order valence-electron chi connectivity index (χ0n) is 16.1. The van der Waals surface area contributed by atoms with Gasteiger partial charge < -0.3 is 4.57 Å². The molecule has 0 amide bonds. The third-order valence-electron chi connectivity index (χ3n) is 5.90. The Morgan fingerprint density at radius 2 is 1.96 bits per heavy atom. The normalized spacial score (nSPS) is 18.0. The number of fused-ring (bicyclic) bond motifs is 1. The second-order valence-electron chi connectivity index (χ2n) is 7.65. The summed E-state index contributed by atoms with van der Waals surface area (Å²) in [5.74, 6) is 0. The van der Waals surface area contributed by atoms with Crippen LogP contribution in [0.3, 0.4) is 0 Å². The van der Waals surface area contributed by atoms with Crippen LogP contribution in [0.5, 0.6) is 0 Å². The highest BCUT2D eigenvalue weighted by Crippen LogP contribution is 2.28. The molecule has 1 atom stereocenters. The van der Waals surface area contributed by atoms with Gasteiger partial charge in [0.2, 0.25) is 0 Å². The number of hydrogen-bond acceptors (Lipinski definition) is 2. The molecule has 140 valence electrons. The number of aryl methyl sites for hydroxylation is 1. The predicted octanol–water partition coefficient (Wildman–Crippen LogP) is 4.63. The molecule has 4 rings (SSSR count). The Morgan fingerprint density at radius 3 is 2.81 bits per heavy atom. The maximum atomic E-state index is 11.7. The molecule has 0 N–H and O–H groups in total. The van der Waals surface area contributed by atoms with Gasteiger partial charge in [-0.15, -0.1) is 0 Å². The van der Waals surface area contributed by atoms with E-state index in [1.54, 1.807) is 12.1 Å². The highest BCUT2D eigenvalue weighted by atomic mass is 16.1. The lowest BCUT2D eigenvalue weighted by Crippen LogP contribution is -2.37. The molecule has 1 aromatic carbocycles. The third kappa shape index (κ3) is 4.14. The highest BCUT2D eigenvalue weighted by Gasteiger charge is 2.22. The van der Waals surface area contributed by atoms with Crippen LogP contribution < -0.4 is 5.43 Å². The van der Waals surface area contributed by atoms with Crippen molar-refractivity contribution in [1.82, 2.24) is 9.47 Å². The van der Waals surface area contributed by atoms with E-state index in [1.807, 2.05) is 6.20 Å². The third-order valence-corrected chi connectivity index (χ3v) is 5.90. The molecular weight excluding hydrogens is 332 g/mol. The SMILES string of the molecule is CC(c1ccccc1CCC1=CCCC=C1)N1CCn2ccc(=O)cc2C1. The minimum atomic E-state index is 0.102. The lowest BCUT2D eigenvalue weighted by Gasteiger charge is -2.35. The Hall–Kier alpha value is -2.39. The van der Waals surface area contributed by atoms with Crippen molar-refractivity contribution >= 4 is 0 Å². The summed E-state index contributed by atoms with van der Waals surface area (Å²) >= 11 is 0. The van der Waals surface area contributed by atoms with E-state index in [9.17, 15) is 4.79 Å². The summed E-state index contributed by atoms with van der Waals surface area (Å²) in [7, 11) is 0. The van der Waals surface area contributed by atoms with Gasteiger partial charge in [0, 0.05) is 49.7 Å². The van der Waals surface area contributed by atoms with Crippen LogP contribution in [0.1, 0.15) is 49.0 Å². The molecule has 0 saturated heterocycles. The second-order valence-corrected chi connectivity index (χ2v) is 7.65. The van der Waals surface area contributed by atoms with E-state index in [0.29, 0.717) is 6.04 Å². The average molecular weight is 361 g/mol. The predicted molar refractivity (Wildman–Crippen MR) is 111 cm³/mol. The van der Waals surface area contributed by atoms with Gasteiger partial charge in [0.25, 0.3) is 0 Å². The van der Waals surface area contributed by atoms with Gasteiger partial charge in [0.1, 0.15) is 0 Å². The average Bonchev–Trinajstić information content (AvgIpc) is 2.72. The van der Waals surface area contributed by atoms with Crippen molar-refractivity contribution in [2.75, 3.05) is 6.54 Å². The molecule has 0 radical (unpaired) electrons. The van der Waals surface area contributed by atoms with Crippen LogP contribution in [0.4, 0.5) is 0 Å². The fraction of sp³-hybridized carbons (Fsp3) is 0.375.